The lowest BCUT2D eigenvalue weighted by molar-refractivity contribution is -0.384. The number of halogens is 2. The van der Waals surface area contributed by atoms with Crippen LogP contribution in [-0.4, -0.2) is 28.4 Å². The number of non-ortho nitro benzene ring substituents is 1. The zero-order valence-electron chi connectivity index (χ0n) is 19.6. The summed E-state index contributed by atoms with van der Waals surface area (Å²) >= 11 is 2.08. The second-order valence-electron chi connectivity index (χ2n) is 7.95. The number of benzene rings is 3. The lowest BCUT2D eigenvalue weighted by atomic mass is 10.1. The van der Waals surface area contributed by atoms with E-state index in [1.165, 1.54) is 36.4 Å². The lowest BCUT2D eigenvalue weighted by Gasteiger charge is -2.15. The summed E-state index contributed by atoms with van der Waals surface area (Å²) in [6.45, 7) is 2.15. The van der Waals surface area contributed by atoms with Gasteiger partial charge in [-0.2, -0.15) is 0 Å². The summed E-state index contributed by atoms with van der Waals surface area (Å²) in [5, 5.41) is 13.4. The Bertz CT molecular complexity index is 1390. The lowest BCUT2D eigenvalue weighted by Crippen LogP contribution is -2.30. The predicted molar refractivity (Wildman–Crippen MR) is 141 cm³/mol. The molecule has 0 radical (unpaired) electrons. The van der Waals surface area contributed by atoms with Crippen molar-refractivity contribution in [3.05, 3.63) is 103 Å². The maximum Gasteiger partial charge on any atom is 0.329 e. The minimum atomic E-state index is -0.637. The molecule has 1 aliphatic rings. The van der Waals surface area contributed by atoms with Gasteiger partial charge in [-0.1, -0.05) is 18.2 Å². The minimum absolute atomic E-state index is 0.00764. The molecule has 3 aromatic rings. The number of urea groups is 1. The zero-order chi connectivity index (χ0) is 26.5. The van der Waals surface area contributed by atoms with E-state index in [4.69, 9.17) is 9.47 Å². The molecule has 0 unspecified atom stereocenters. The van der Waals surface area contributed by atoms with Gasteiger partial charge in [-0.3, -0.25) is 19.8 Å². The fourth-order valence-electron chi connectivity index (χ4n) is 3.62. The molecule has 0 saturated carbocycles. The summed E-state index contributed by atoms with van der Waals surface area (Å²) in [6.07, 6.45) is 1.52. The Morgan fingerprint density at radius 3 is 2.51 bits per heavy atom. The number of nitrogens with one attached hydrogen (secondary N) is 1. The Balaban J connectivity index is 1.54. The van der Waals surface area contributed by atoms with Crippen LogP contribution >= 0.6 is 22.6 Å². The second kappa shape index (κ2) is 11.4. The van der Waals surface area contributed by atoms with Crippen molar-refractivity contribution in [1.82, 2.24) is 10.2 Å². The van der Waals surface area contributed by atoms with Crippen LogP contribution in [0.15, 0.2) is 66.4 Å². The summed E-state index contributed by atoms with van der Waals surface area (Å²) in [6, 6.07) is 14.8. The Morgan fingerprint density at radius 1 is 1.11 bits per heavy atom. The number of rotatable bonds is 9. The summed E-state index contributed by atoms with van der Waals surface area (Å²) in [5.74, 6) is -0.158. The average molecular weight is 617 g/mol. The first-order chi connectivity index (χ1) is 17.8. The summed E-state index contributed by atoms with van der Waals surface area (Å²) < 4.78 is 26.4. The maximum absolute atomic E-state index is 14.0. The van der Waals surface area contributed by atoms with Crippen LogP contribution in [0.1, 0.15) is 23.6 Å². The second-order valence-corrected chi connectivity index (χ2v) is 9.11. The molecule has 9 nitrogen and oxygen atoms in total. The Hall–Kier alpha value is -4.00. The molecule has 0 atom stereocenters. The van der Waals surface area contributed by atoms with Crippen molar-refractivity contribution < 1.29 is 28.4 Å². The number of carbonyl (C=O) groups is 2. The third kappa shape index (κ3) is 6.05. The highest BCUT2D eigenvalue weighted by atomic mass is 127. The van der Waals surface area contributed by atoms with Gasteiger partial charge in [0.15, 0.2) is 11.5 Å². The molecule has 3 aromatic carbocycles. The van der Waals surface area contributed by atoms with Gasteiger partial charge in [-0.15, -0.1) is 0 Å². The fraction of sp³-hybridized carbons (Fsp3) is 0.154. The molecule has 0 spiro atoms. The molecule has 11 heteroatoms. The molecule has 0 bridgehead atoms. The number of nitro groups is 1. The van der Waals surface area contributed by atoms with E-state index in [-0.39, 0.29) is 30.1 Å². The SMILES string of the molecule is CCOc1cc(/C=C2/NC(=O)N(Cc3ccccc3F)C2=O)cc(I)c1OCc1ccc([N+](=O)[O-])cc1. The topological polar surface area (TPSA) is 111 Å². The maximum atomic E-state index is 14.0. The number of imide groups is 1. The molecule has 0 aromatic heterocycles. The molecule has 3 amide bonds. The van der Waals surface area contributed by atoms with Crippen LogP contribution in [0.25, 0.3) is 6.08 Å². The first-order valence-corrected chi connectivity index (χ1v) is 12.2. The van der Waals surface area contributed by atoms with Gasteiger partial charge in [0.2, 0.25) is 0 Å². The Labute approximate surface area is 225 Å². The Kier molecular flexibility index (Phi) is 8.01. The van der Waals surface area contributed by atoms with Gasteiger partial charge in [0.1, 0.15) is 18.1 Å². The normalized spacial score (nSPS) is 14.1. The minimum Gasteiger partial charge on any atom is -0.490 e. The molecular weight excluding hydrogens is 596 g/mol. The third-order valence-corrected chi connectivity index (χ3v) is 6.22. The van der Waals surface area contributed by atoms with Crippen molar-refractivity contribution in [2.45, 2.75) is 20.1 Å². The van der Waals surface area contributed by atoms with Crippen LogP contribution in [-0.2, 0) is 17.9 Å². The fourth-order valence-corrected chi connectivity index (χ4v) is 4.40. The van der Waals surface area contributed by atoms with Crippen molar-refractivity contribution in [2.24, 2.45) is 0 Å². The molecule has 4 rings (SSSR count). The summed E-state index contributed by atoms with van der Waals surface area (Å²) in [4.78, 5) is 36.6. The van der Waals surface area contributed by atoms with E-state index < -0.39 is 22.7 Å². The van der Waals surface area contributed by atoms with Crippen molar-refractivity contribution in [3.8, 4) is 11.5 Å². The molecular formula is C26H21FIN3O6. The molecule has 1 saturated heterocycles. The van der Waals surface area contributed by atoms with Gasteiger partial charge in [-0.25, -0.2) is 9.18 Å². The van der Waals surface area contributed by atoms with Crippen LogP contribution in [0.2, 0.25) is 0 Å². The van der Waals surface area contributed by atoms with E-state index in [9.17, 15) is 24.1 Å². The van der Waals surface area contributed by atoms with Gasteiger partial charge in [-0.05, 0) is 77.0 Å². The zero-order valence-corrected chi connectivity index (χ0v) is 21.7. The van der Waals surface area contributed by atoms with Crippen LogP contribution < -0.4 is 14.8 Å². The van der Waals surface area contributed by atoms with Crippen molar-refractivity contribution in [3.63, 3.8) is 0 Å². The quantitative estimate of drug-likeness (QED) is 0.113. The summed E-state index contributed by atoms with van der Waals surface area (Å²) in [5.41, 5.74) is 1.61. The van der Waals surface area contributed by atoms with Crippen molar-refractivity contribution in [1.29, 1.82) is 0 Å². The van der Waals surface area contributed by atoms with Gasteiger partial charge in [0.25, 0.3) is 11.6 Å². The number of nitrogens with zero attached hydrogens (tertiary/aromatic N) is 2. The number of ether oxygens (including phenoxy) is 2. The molecule has 1 heterocycles. The number of carbonyl (C=O) groups excluding carboxylic acids is 2. The molecule has 1 N–H and O–H groups in total. The molecule has 1 fully saturated rings. The van der Waals surface area contributed by atoms with E-state index in [0.717, 1.165) is 10.5 Å². The van der Waals surface area contributed by atoms with Gasteiger partial charge in [0, 0.05) is 17.7 Å². The van der Waals surface area contributed by atoms with Gasteiger partial charge >= 0.3 is 6.03 Å². The molecule has 190 valence electrons. The summed E-state index contributed by atoms with van der Waals surface area (Å²) in [7, 11) is 0. The van der Waals surface area contributed by atoms with Crippen LogP contribution in [0.5, 0.6) is 11.5 Å². The van der Waals surface area contributed by atoms with Crippen LogP contribution in [0.3, 0.4) is 0 Å². The van der Waals surface area contributed by atoms with Crippen molar-refractivity contribution in [2.75, 3.05) is 6.61 Å². The highest BCUT2D eigenvalue weighted by Crippen LogP contribution is 2.36. The van der Waals surface area contributed by atoms with E-state index in [1.54, 1.807) is 30.3 Å². The first kappa shape index (κ1) is 26.1. The monoisotopic (exact) mass is 617 g/mol. The number of amides is 3. The third-order valence-electron chi connectivity index (χ3n) is 5.42. The van der Waals surface area contributed by atoms with E-state index in [1.807, 2.05) is 6.92 Å². The molecule has 1 aliphatic heterocycles. The number of nitro benzene ring substituents is 1. The molecule has 37 heavy (non-hydrogen) atoms. The van der Waals surface area contributed by atoms with Crippen LogP contribution in [0, 0.1) is 19.5 Å². The Morgan fingerprint density at radius 2 is 1.84 bits per heavy atom. The number of hydrogen-bond acceptors (Lipinski definition) is 6. The highest BCUT2D eigenvalue weighted by Gasteiger charge is 2.34. The smallest absolute Gasteiger partial charge is 0.329 e. The standard InChI is InChI=1S/C26H21FIN3O6/c1-2-36-23-13-17(11-21(28)24(23)37-15-16-7-9-19(10-8-16)31(34)35)12-22-25(32)30(26(33)29-22)14-18-5-3-4-6-20(18)27/h3-13H,2,14-15H2,1H3,(H,29,33)/b22-12+. The van der Waals surface area contributed by atoms with E-state index >= 15 is 0 Å². The highest BCUT2D eigenvalue weighted by molar-refractivity contribution is 14.1. The average Bonchev–Trinajstić information content (AvgIpc) is 3.12. The first-order valence-electron chi connectivity index (χ1n) is 11.2. The van der Waals surface area contributed by atoms with Crippen LogP contribution in [0.4, 0.5) is 14.9 Å². The van der Waals surface area contributed by atoms with Crippen molar-refractivity contribution >= 4 is 46.3 Å². The van der Waals surface area contributed by atoms with Gasteiger partial charge < -0.3 is 14.8 Å². The number of hydrogen-bond donors (Lipinski definition) is 1. The predicted octanol–water partition coefficient (Wildman–Crippen LogP) is 5.41. The van der Waals surface area contributed by atoms with Gasteiger partial charge in [0.05, 0.1) is 21.6 Å². The van der Waals surface area contributed by atoms with E-state index in [0.29, 0.717) is 27.2 Å². The molecule has 0 aliphatic carbocycles. The largest absolute Gasteiger partial charge is 0.490 e. The van der Waals surface area contributed by atoms with E-state index in [2.05, 4.69) is 27.9 Å².